The molecule has 2 heterocycles. The normalized spacial score (nSPS) is 24.9. The lowest BCUT2D eigenvalue weighted by Gasteiger charge is -2.50. The second-order valence-electron chi connectivity index (χ2n) is 12.1. The van der Waals surface area contributed by atoms with Crippen molar-refractivity contribution < 1.29 is 14.6 Å². The number of ether oxygens (including phenoxy) is 1. The molecule has 2 atom stereocenters. The van der Waals surface area contributed by atoms with Crippen molar-refractivity contribution in [1.29, 1.82) is 0 Å². The number of carbonyl (C=O) groups excluding carboxylic acids is 1. The van der Waals surface area contributed by atoms with Gasteiger partial charge in [-0.05, 0) is 43.4 Å². The Morgan fingerprint density at radius 3 is 2.09 bits per heavy atom. The molecule has 2 aromatic rings. The van der Waals surface area contributed by atoms with Crippen LogP contribution in [0, 0.1) is 35.5 Å². The van der Waals surface area contributed by atoms with Gasteiger partial charge in [0.2, 0.25) is 0 Å². The van der Waals surface area contributed by atoms with Crippen molar-refractivity contribution in [3.63, 3.8) is 0 Å². The van der Waals surface area contributed by atoms with Gasteiger partial charge in [-0.1, -0.05) is 60.1 Å². The third kappa shape index (κ3) is 4.51. The Morgan fingerprint density at radius 1 is 1.15 bits per heavy atom. The predicted octanol–water partition coefficient (Wildman–Crippen LogP) is 4.92. The molecule has 3 N–H and O–H groups in total. The van der Waals surface area contributed by atoms with E-state index in [0.29, 0.717) is 11.5 Å². The molecule has 0 aliphatic heterocycles. The number of hydrogen-bond donors (Lipinski definition) is 2. The molecule has 7 nitrogen and oxygen atoms in total. The van der Waals surface area contributed by atoms with Crippen molar-refractivity contribution >= 4 is 34.8 Å². The summed E-state index contributed by atoms with van der Waals surface area (Å²) in [5, 5.41) is 9.84. The average molecular weight is 492 g/mol. The van der Waals surface area contributed by atoms with Gasteiger partial charge >= 0.3 is 5.97 Å². The molecule has 2 unspecified atom stereocenters. The topological polar surface area (TPSA) is 107 Å². The van der Waals surface area contributed by atoms with Crippen molar-refractivity contribution in [3.05, 3.63) is 31.9 Å². The molecular weight excluding hydrogens is 454 g/mol. The lowest BCUT2D eigenvalue weighted by atomic mass is 9.59. The van der Waals surface area contributed by atoms with Crippen LogP contribution in [0.1, 0.15) is 84.2 Å². The molecule has 0 bridgehead atoms. The highest BCUT2D eigenvalue weighted by Crippen LogP contribution is 2.50. The Hall–Kier alpha value is -2.28. The fourth-order valence-electron chi connectivity index (χ4n) is 5.46. The smallest absolute Gasteiger partial charge is 0.342 e. The van der Waals surface area contributed by atoms with Crippen LogP contribution in [0.3, 0.4) is 0 Å². The van der Waals surface area contributed by atoms with Crippen LogP contribution in [0.25, 0.3) is 11.4 Å². The zero-order chi connectivity index (χ0) is 25.9. The molecular formula is C26H38ClN3O4. The first-order valence-corrected chi connectivity index (χ1v) is 12.2. The van der Waals surface area contributed by atoms with E-state index < -0.39 is 11.5 Å². The molecule has 0 spiro atoms. The number of nitrogen functional groups attached to an aromatic ring is 1. The lowest BCUT2D eigenvalue weighted by Crippen LogP contribution is -2.49. The van der Waals surface area contributed by atoms with Gasteiger partial charge < -0.3 is 15.6 Å². The summed E-state index contributed by atoms with van der Waals surface area (Å²) < 4.78 is 7.43. The minimum atomic E-state index is -0.624. The molecule has 0 saturated heterocycles. The summed E-state index contributed by atoms with van der Waals surface area (Å²) in [7, 11) is 0. The van der Waals surface area contributed by atoms with Crippen LogP contribution in [0.2, 0.25) is 5.15 Å². The number of hydrogen-bond acceptors (Lipinski definition) is 6. The second-order valence-corrected chi connectivity index (χ2v) is 12.5. The summed E-state index contributed by atoms with van der Waals surface area (Å²) in [6.45, 7) is 18.4. The van der Waals surface area contributed by atoms with Gasteiger partial charge in [0.05, 0.1) is 0 Å². The SMILES string of the molecule is CC(O)=c1c(N)nc2c(C(=O)OC3C(C(C)(C)C)CC(C)CC3C(C)(C)C)c(C)c(Cl)n2c1=O. The zero-order valence-electron chi connectivity index (χ0n) is 21.7. The maximum Gasteiger partial charge on any atom is 0.342 e. The van der Waals surface area contributed by atoms with Crippen LogP contribution in [0.4, 0.5) is 5.82 Å². The molecule has 8 heteroatoms. The molecule has 188 valence electrons. The molecule has 0 amide bonds. The summed E-state index contributed by atoms with van der Waals surface area (Å²) in [5.41, 5.74) is 5.80. The largest absolute Gasteiger partial charge is 0.512 e. The number of fused-ring (bicyclic) bond motifs is 1. The molecule has 2 aromatic heterocycles. The van der Waals surface area contributed by atoms with Crippen molar-refractivity contribution in [2.24, 2.45) is 28.6 Å². The Bertz CT molecular complexity index is 1210. The summed E-state index contributed by atoms with van der Waals surface area (Å²) in [5.74, 6) is -0.126. The van der Waals surface area contributed by atoms with E-state index in [1.165, 1.54) is 6.92 Å². The van der Waals surface area contributed by atoms with E-state index in [0.717, 1.165) is 17.2 Å². The number of aliphatic hydroxyl groups is 1. The summed E-state index contributed by atoms with van der Waals surface area (Å²) in [6.07, 6.45) is 1.64. The molecule has 3 rings (SSSR count). The highest BCUT2D eigenvalue weighted by atomic mass is 35.5. The van der Waals surface area contributed by atoms with Crippen molar-refractivity contribution in [2.45, 2.75) is 81.3 Å². The summed E-state index contributed by atoms with van der Waals surface area (Å²) in [6, 6.07) is 0. The van der Waals surface area contributed by atoms with Crippen LogP contribution in [0.15, 0.2) is 4.79 Å². The van der Waals surface area contributed by atoms with E-state index in [1.54, 1.807) is 6.92 Å². The van der Waals surface area contributed by atoms with E-state index >= 15 is 0 Å². The van der Waals surface area contributed by atoms with Gasteiger partial charge in [0.15, 0.2) is 5.65 Å². The Balaban J connectivity index is 2.17. The molecule has 1 saturated carbocycles. The van der Waals surface area contributed by atoms with Gasteiger partial charge in [-0.2, -0.15) is 0 Å². The average Bonchev–Trinajstić information content (AvgIpc) is 2.91. The standard InChI is InChI=1S/C26H38ClN3O4/c1-12-10-15(25(4,5)6)19(16(11-12)26(7,8)9)34-24(33)17-13(2)20(27)30-22(17)29-21(28)18(14(3)31)23(30)32/h12,15-16,19,31H,10-11H2,1-9H3,(H2,28,29). The van der Waals surface area contributed by atoms with E-state index in [-0.39, 0.29) is 61.9 Å². The maximum absolute atomic E-state index is 13.7. The third-order valence-corrected chi connectivity index (χ3v) is 7.81. The minimum absolute atomic E-state index is 0.0452. The van der Waals surface area contributed by atoms with Crippen LogP contribution in [-0.2, 0) is 4.74 Å². The maximum atomic E-state index is 13.7. The molecule has 1 aliphatic carbocycles. The Kier molecular flexibility index (Phi) is 6.77. The molecule has 34 heavy (non-hydrogen) atoms. The number of anilines is 1. The van der Waals surface area contributed by atoms with Gasteiger partial charge in [-0.25, -0.2) is 14.2 Å². The zero-order valence-corrected chi connectivity index (χ0v) is 22.5. The fourth-order valence-corrected chi connectivity index (χ4v) is 5.71. The van der Waals surface area contributed by atoms with Crippen LogP contribution in [0.5, 0.6) is 0 Å². The van der Waals surface area contributed by atoms with E-state index in [4.69, 9.17) is 22.1 Å². The van der Waals surface area contributed by atoms with Crippen molar-refractivity contribution in [2.75, 3.05) is 5.73 Å². The minimum Gasteiger partial charge on any atom is -0.512 e. The first-order chi connectivity index (χ1) is 15.5. The number of halogens is 1. The number of esters is 1. The number of aromatic nitrogens is 2. The van der Waals surface area contributed by atoms with E-state index in [1.807, 2.05) is 0 Å². The van der Waals surface area contributed by atoms with Crippen LogP contribution >= 0.6 is 11.6 Å². The van der Waals surface area contributed by atoms with Crippen molar-refractivity contribution in [3.8, 4) is 0 Å². The fraction of sp³-hybridized carbons (Fsp3) is 0.654. The third-order valence-electron chi connectivity index (χ3n) is 7.36. The first-order valence-electron chi connectivity index (χ1n) is 11.9. The van der Waals surface area contributed by atoms with Gasteiger partial charge in [-0.3, -0.25) is 4.79 Å². The highest BCUT2D eigenvalue weighted by Gasteiger charge is 2.48. The van der Waals surface area contributed by atoms with E-state index in [2.05, 4.69) is 53.5 Å². The number of rotatable bonds is 2. The lowest BCUT2D eigenvalue weighted by molar-refractivity contribution is -0.0922. The van der Waals surface area contributed by atoms with Gasteiger partial charge in [0.25, 0.3) is 5.56 Å². The molecule has 0 radical (unpaired) electrons. The Morgan fingerprint density at radius 2 is 1.65 bits per heavy atom. The van der Waals surface area contributed by atoms with Gasteiger partial charge in [0, 0.05) is 17.4 Å². The second kappa shape index (κ2) is 8.74. The van der Waals surface area contributed by atoms with Crippen LogP contribution in [-0.4, -0.2) is 26.6 Å². The Labute approximate surface area is 206 Å². The van der Waals surface area contributed by atoms with Crippen molar-refractivity contribution in [1.82, 2.24) is 9.38 Å². The van der Waals surface area contributed by atoms with E-state index in [9.17, 15) is 14.7 Å². The monoisotopic (exact) mass is 491 g/mol. The predicted molar refractivity (Wildman–Crippen MR) is 136 cm³/mol. The summed E-state index contributed by atoms with van der Waals surface area (Å²) in [4.78, 5) is 31.0. The first kappa shape index (κ1) is 26.3. The number of nitrogens with zero attached hydrogens (tertiary/aromatic N) is 2. The van der Waals surface area contributed by atoms with Gasteiger partial charge in [0.1, 0.15) is 33.6 Å². The summed E-state index contributed by atoms with van der Waals surface area (Å²) >= 11 is 6.47. The molecule has 1 fully saturated rings. The number of carbonyl (C=O) groups is 1. The van der Waals surface area contributed by atoms with Crippen LogP contribution < -0.4 is 16.5 Å². The number of nitrogens with two attached hydrogens (primary N) is 1. The molecule has 1 aliphatic rings. The number of aliphatic hydroxyl groups excluding tert-OH is 1. The molecule has 0 aromatic carbocycles. The quantitative estimate of drug-likeness (QED) is 0.577. The van der Waals surface area contributed by atoms with Gasteiger partial charge in [-0.15, -0.1) is 0 Å². The highest BCUT2D eigenvalue weighted by molar-refractivity contribution is 6.31.